The van der Waals surface area contributed by atoms with E-state index in [0.29, 0.717) is 51.4 Å². The Bertz CT molecular complexity index is 941. The molecule has 2 aliphatic heterocycles. The van der Waals surface area contributed by atoms with Crippen LogP contribution in [0.15, 0.2) is 36.5 Å². The summed E-state index contributed by atoms with van der Waals surface area (Å²) in [6, 6.07) is 10.5. The van der Waals surface area contributed by atoms with Crippen molar-refractivity contribution in [3.63, 3.8) is 0 Å². The van der Waals surface area contributed by atoms with Crippen LogP contribution >= 0.6 is 0 Å². The van der Waals surface area contributed by atoms with Crippen molar-refractivity contribution < 1.29 is 14.3 Å². The number of ether oxygens (including phenoxy) is 1. The van der Waals surface area contributed by atoms with E-state index in [2.05, 4.69) is 22.1 Å². The third-order valence-electron chi connectivity index (χ3n) is 6.93. The van der Waals surface area contributed by atoms with E-state index in [1.165, 1.54) is 12.0 Å². The number of hydrogen-bond donors (Lipinski definition) is 0. The number of rotatable bonds is 3. The number of piperidine rings is 1. The monoisotopic (exact) mass is 452 g/mol. The summed E-state index contributed by atoms with van der Waals surface area (Å²) in [5.74, 6) is 1.18. The number of carbonyl (C=O) groups is 2. The minimum Gasteiger partial charge on any atom is -0.492 e. The number of amides is 2. The maximum absolute atomic E-state index is 13.0. The first-order valence-corrected chi connectivity index (χ1v) is 12.4. The van der Waals surface area contributed by atoms with Crippen LogP contribution in [0.4, 0.5) is 0 Å². The minimum absolute atomic E-state index is 0.0983. The summed E-state index contributed by atoms with van der Waals surface area (Å²) in [6.45, 7) is 2.41. The molecule has 1 saturated heterocycles. The first-order chi connectivity index (χ1) is 16.1. The third-order valence-corrected chi connectivity index (χ3v) is 6.93. The van der Waals surface area contributed by atoms with Gasteiger partial charge in [0.1, 0.15) is 12.4 Å². The molecule has 0 radical (unpaired) electrons. The molecule has 1 aromatic heterocycles. The van der Waals surface area contributed by atoms with Crippen molar-refractivity contribution in [2.24, 2.45) is 7.05 Å². The molecule has 2 amide bonds. The van der Waals surface area contributed by atoms with Crippen molar-refractivity contribution in [3.8, 4) is 5.75 Å². The number of fused-ring (bicyclic) bond motifs is 3. The number of carbonyl (C=O) groups excluding carboxylic acids is 2. The molecular weight excluding hydrogens is 416 g/mol. The summed E-state index contributed by atoms with van der Waals surface area (Å²) < 4.78 is 7.82. The SMILES string of the molecule is Cn1nccc1CCC(=O)N1CCCC(=O)N2CCCCC2CCc2cccc(c2)OCC1. The molecule has 1 fully saturated rings. The normalized spacial score (nSPS) is 20.4. The first-order valence-electron chi connectivity index (χ1n) is 12.4. The van der Waals surface area contributed by atoms with Crippen LogP contribution in [0.3, 0.4) is 0 Å². The predicted octanol–water partition coefficient (Wildman–Crippen LogP) is 3.37. The second-order valence-electron chi connectivity index (χ2n) is 9.20. The molecule has 4 rings (SSSR count). The fourth-order valence-electron chi connectivity index (χ4n) is 4.99. The van der Waals surface area contributed by atoms with Gasteiger partial charge in [-0.05, 0) is 68.7 Å². The quantitative estimate of drug-likeness (QED) is 0.716. The highest BCUT2D eigenvalue weighted by Gasteiger charge is 2.26. The second kappa shape index (κ2) is 11.3. The Balaban J connectivity index is 1.44. The lowest BCUT2D eigenvalue weighted by molar-refractivity contribution is -0.136. The number of hydrogen-bond acceptors (Lipinski definition) is 4. The van der Waals surface area contributed by atoms with Crippen molar-refractivity contribution in [1.29, 1.82) is 0 Å². The van der Waals surface area contributed by atoms with Crippen LogP contribution < -0.4 is 4.74 Å². The molecule has 178 valence electrons. The lowest BCUT2D eigenvalue weighted by Crippen LogP contribution is -2.44. The third kappa shape index (κ3) is 6.36. The van der Waals surface area contributed by atoms with Crippen molar-refractivity contribution >= 4 is 11.8 Å². The van der Waals surface area contributed by atoms with Gasteiger partial charge in [0.25, 0.3) is 0 Å². The molecule has 0 aliphatic carbocycles. The molecule has 33 heavy (non-hydrogen) atoms. The maximum Gasteiger partial charge on any atom is 0.223 e. The van der Waals surface area contributed by atoms with Crippen molar-refractivity contribution in [2.75, 3.05) is 26.2 Å². The molecule has 1 unspecified atom stereocenters. The number of nitrogens with zero attached hydrogens (tertiary/aromatic N) is 4. The lowest BCUT2D eigenvalue weighted by Gasteiger charge is -2.36. The van der Waals surface area contributed by atoms with Crippen LogP contribution in [0.1, 0.15) is 56.2 Å². The largest absolute Gasteiger partial charge is 0.492 e. The van der Waals surface area contributed by atoms with E-state index in [1.807, 2.05) is 34.8 Å². The van der Waals surface area contributed by atoms with Crippen molar-refractivity contribution in [2.45, 2.75) is 63.8 Å². The molecule has 0 saturated carbocycles. The molecule has 0 N–H and O–H groups in total. The van der Waals surface area contributed by atoms with E-state index in [4.69, 9.17) is 4.74 Å². The van der Waals surface area contributed by atoms with Crippen LogP contribution in [-0.2, 0) is 29.5 Å². The van der Waals surface area contributed by atoms with Gasteiger partial charge >= 0.3 is 0 Å². The molecular formula is C26H36N4O3. The zero-order chi connectivity index (χ0) is 23.0. The summed E-state index contributed by atoms with van der Waals surface area (Å²) in [5, 5.41) is 4.18. The molecule has 2 bridgehead atoms. The molecule has 1 atom stereocenters. The van der Waals surface area contributed by atoms with E-state index in [9.17, 15) is 9.59 Å². The summed E-state index contributed by atoms with van der Waals surface area (Å²) in [7, 11) is 1.89. The number of aryl methyl sites for hydroxylation is 3. The van der Waals surface area contributed by atoms with Gasteiger partial charge in [-0.3, -0.25) is 14.3 Å². The smallest absolute Gasteiger partial charge is 0.223 e. The fourth-order valence-corrected chi connectivity index (χ4v) is 4.99. The fraction of sp³-hybridized carbons (Fsp3) is 0.577. The first kappa shape index (κ1) is 23.3. The Morgan fingerprint density at radius 3 is 2.85 bits per heavy atom. The summed E-state index contributed by atoms with van der Waals surface area (Å²) >= 11 is 0. The number of benzene rings is 1. The maximum atomic E-state index is 13.0. The molecule has 2 aromatic rings. The van der Waals surface area contributed by atoms with Gasteiger partial charge in [-0.25, -0.2) is 0 Å². The van der Waals surface area contributed by atoms with Crippen molar-refractivity contribution in [3.05, 3.63) is 47.8 Å². The summed E-state index contributed by atoms with van der Waals surface area (Å²) in [6.07, 6.45) is 9.33. The molecule has 1 aromatic carbocycles. The van der Waals surface area contributed by atoms with Gasteiger partial charge in [0.05, 0.1) is 6.54 Å². The Labute approximate surface area is 196 Å². The van der Waals surface area contributed by atoms with Crippen LogP contribution in [0.25, 0.3) is 0 Å². The molecule has 0 spiro atoms. The highest BCUT2D eigenvalue weighted by Crippen LogP contribution is 2.24. The van der Waals surface area contributed by atoms with Gasteiger partial charge < -0.3 is 14.5 Å². The van der Waals surface area contributed by atoms with Gasteiger partial charge in [0.15, 0.2) is 0 Å². The van der Waals surface area contributed by atoms with Crippen molar-refractivity contribution in [1.82, 2.24) is 19.6 Å². The second-order valence-corrected chi connectivity index (χ2v) is 9.20. The van der Waals surface area contributed by atoms with Gasteiger partial charge in [-0.1, -0.05) is 12.1 Å². The van der Waals surface area contributed by atoms with Crippen LogP contribution in [0, 0.1) is 0 Å². The summed E-state index contributed by atoms with van der Waals surface area (Å²) in [5.41, 5.74) is 2.28. The molecule has 7 nitrogen and oxygen atoms in total. The minimum atomic E-state index is 0.0983. The molecule has 7 heteroatoms. The van der Waals surface area contributed by atoms with E-state index in [1.54, 1.807) is 6.20 Å². The lowest BCUT2D eigenvalue weighted by atomic mass is 9.95. The predicted molar refractivity (Wildman–Crippen MR) is 127 cm³/mol. The van der Waals surface area contributed by atoms with E-state index < -0.39 is 0 Å². The van der Waals surface area contributed by atoms with Gasteiger partial charge in [0, 0.05) is 50.9 Å². The molecule has 3 heterocycles. The van der Waals surface area contributed by atoms with Crippen LogP contribution in [-0.4, -0.2) is 63.7 Å². The standard InChI is InChI=1S/C26H36N4O3/c1-28-22(14-15-27-28)12-13-25(31)29-16-5-9-26(32)30-17-3-2-7-23(30)11-10-21-6-4-8-24(20-21)33-19-18-29/h4,6,8,14-15,20,23H,2-3,5,7,9-13,16-19H2,1H3. The molecule has 2 aliphatic rings. The average molecular weight is 453 g/mol. The van der Waals surface area contributed by atoms with Crippen LogP contribution in [0.5, 0.6) is 5.75 Å². The van der Waals surface area contributed by atoms with E-state index >= 15 is 0 Å². The summed E-state index contributed by atoms with van der Waals surface area (Å²) in [4.78, 5) is 30.0. The Kier molecular flexibility index (Phi) is 8.02. The topological polar surface area (TPSA) is 67.7 Å². The number of aromatic nitrogens is 2. The Morgan fingerprint density at radius 2 is 2.00 bits per heavy atom. The highest BCUT2D eigenvalue weighted by molar-refractivity contribution is 5.77. The Morgan fingerprint density at radius 1 is 1.09 bits per heavy atom. The van der Waals surface area contributed by atoms with Gasteiger partial charge in [0.2, 0.25) is 11.8 Å². The van der Waals surface area contributed by atoms with Gasteiger partial charge in [-0.15, -0.1) is 0 Å². The van der Waals surface area contributed by atoms with Crippen LogP contribution in [0.2, 0.25) is 0 Å². The Hall–Kier alpha value is -2.83. The zero-order valence-electron chi connectivity index (χ0n) is 19.7. The van der Waals surface area contributed by atoms with E-state index in [0.717, 1.165) is 43.7 Å². The van der Waals surface area contributed by atoms with Gasteiger partial charge in [-0.2, -0.15) is 5.10 Å². The average Bonchev–Trinajstić information content (AvgIpc) is 3.24. The van der Waals surface area contributed by atoms with E-state index in [-0.39, 0.29) is 11.8 Å². The zero-order valence-corrected chi connectivity index (χ0v) is 19.7. The highest BCUT2D eigenvalue weighted by atomic mass is 16.5.